The van der Waals surface area contributed by atoms with Crippen LogP contribution in [0.1, 0.15) is 38.8 Å². The van der Waals surface area contributed by atoms with Crippen LogP contribution in [0.5, 0.6) is 0 Å². The summed E-state index contributed by atoms with van der Waals surface area (Å²) < 4.78 is 5.41. The molecule has 0 saturated heterocycles. The van der Waals surface area contributed by atoms with Crippen LogP contribution >= 0.6 is 0 Å². The molecular formula is C19H23NO3. The normalized spacial score (nSPS) is 14.1. The van der Waals surface area contributed by atoms with Crippen LogP contribution in [0.2, 0.25) is 0 Å². The maximum atomic E-state index is 12.6. The fraction of sp³-hybridized carbons (Fsp3) is 0.421. The van der Waals surface area contributed by atoms with Crippen molar-refractivity contribution in [1.82, 2.24) is 0 Å². The van der Waals surface area contributed by atoms with Crippen LogP contribution in [0.15, 0.2) is 36.4 Å². The van der Waals surface area contributed by atoms with E-state index in [0.717, 1.165) is 11.1 Å². The smallest absolute Gasteiger partial charge is 0.331 e. The number of aryl methyl sites for hydroxylation is 1. The van der Waals surface area contributed by atoms with Gasteiger partial charge in [-0.1, -0.05) is 24.3 Å². The molecule has 122 valence electrons. The first-order valence-corrected chi connectivity index (χ1v) is 7.49. The lowest BCUT2D eigenvalue weighted by Gasteiger charge is -2.27. The summed E-state index contributed by atoms with van der Waals surface area (Å²) in [5.74, 6) is -0.869. The van der Waals surface area contributed by atoms with Crippen molar-refractivity contribution in [3.8, 4) is 6.07 Å². The number of rotatable bonds is 5. The zero-order valence-electron chi connectivity index (χ0n) is 14.3. The molecule has 0 aromatic heterocycles. The van der Waals surface area contributed by atoms with Gasteiger partial charge in [-0.15, -0.1) is 0 Å². The Kier molecular flexibility index (Phi) is 5.86. The van der Waals surface area contributed by atoms with Crippen LogP contribution in [-0.2, 0) is 20.7 Å². The number of carbonyl (C=O) groups is 2. The summed E-state index contributed by atoms with van der Waals surface area (Å²) in [6, 6.07) is 9.59. The largest absolute Gasteiger partial charge is 0.459 e. The number of hydrogen-bond acceptors (Lipinski definition) is 4. The molecule has 0 aliphatic heterocycles. The zero-order valence-corrected chi connectivity index (χ0v) is 14.3. The van der Waals surface area contributed by atoms with Gasteiger partial charge in [-0.3, -0.25) is 4.79 Å². The van der Waals surface area contributed by atoms with Crippen molar-refractivity contribution in [2.45, 2.75) is 46.6 Å². The average Bonchev–Trinajstić information content (AvgIpc) is 2.43. The Bertz CT molecular complexity index is 662. The van der Waals surface area contributed by atoms with Crippen LogP contribution in [0.3, 0.4) is 0 Å². The van der Waals surface area contributed by atoms with Gasteiger partial charge < -0.3 is 4.74 Å². The fourth-order valence-corrected chi connectivity index (χ4v) is 2.06. The molecule has 0 aliphatic rings. The van der Waals surface area contributed by atoms with Gasteiger partial charge in [0.2, 0.25) is 0 Å². The molecule has 0 fully saturated rings. The summed E-state index contributed by atoms with van der Waals surface area (Å²) >= 11 is 0. The topological polar surface area (TPSA) is 67.2 Å². The maximum Gasteiger partial charge on any atom is 0.331 e. The van der Waals surface area contributed by atoms with Crippen molar-refractivity contribution in [3.05, 3.63) is 47.5 Å². The van der Waals surface area contributed by atoms with Gasteiger partial charge in [0.05, 0.1) is 6.07 Å². The lowest BCUT2D eigenvalue weighted by atomic mass is 9.81. The maximum absolute atomic E-state index is 12.6. The highest BCUT2D eigenvalue weighted by atomic mass is 16.6. The Hall–Kier alpha value is -2.41. The van der Waals surface area contributed by atoms with E-state index in [-0.39, 0.29) is 12.2 Å². The van der Waals surface area contributed by atoms with E-state index in [1.807, 2.05) is 31.2 Å². The molecule has 0 saturated carbocycles. The van der Waals surface area contributed by atoms with E-state index < -0.39 is 17.0 Å². The standard InChI is InChI=1S/C19H23NO3/c1-14-8-6-7-9-16(14)12-19(13-20,11-10-15(2)21)17(22)23-18(3,4)5/h6-11H,12H2,1-5H3/b11-10-/t19-/m1/s1. The highest BCUT2D eigenvalue weighted by Gasteiger charge is 2.40. The second-order valence-electron chi connectivity index (χ2n) is 6.63. The minimum atomic E-state index is -1.52. The molecule has 0 N–H and O–H groups in total. The lowest BCUT2D eigenvalue weighted by Crippen LogP contribution is -2.37. The van der Waals surface area contributed by atoms with Crippen LogP contribution in [0.4, 0.5) is 0 Å². The Labute approximate surface area is 137 Å². The predicted molar refractivity (Wildman–Crippen MR) is 88.6 cm³/mol. The van der Waals surface area contributed by atoms with E-state index in [4.69, 9.17) is 4.74 Å². The molecule has 0 amide bonds. The van der Waals surface area contributed by atoms with E-state index in [1.165, 1.54) is 19.1 Å². The molecule has 4 heteroatoms. The SMILES string of the molecule is CC(=O)/C=C\[C@](C#N)(Cc1ccccc1C)C(=O)OC(C)(C)C. The number of carbonyl (C=O) groups excluding carboxylic acids is 2. The van der Waals surface area contributed by atoms with Crippen LogP contribution < -0.4 is 0 Å². The lowest BCUT2D eigenvalue weighted by molar-refractivity contribution is -0.161. The van der Waals surface area contributed by atoms with Gasteiger partial charge in [0.1, 0.15) is 5.60 Å². The van der Waals surface area contributed by atoms with E-state index in [0.29, 0.717) is 0 Å². The Morgan fingerprint density at radius 2 is 1.87 bits per heavy atom. The van der Waals surface area contributed by atoms with Crippen LogP contribution in [-0.4, -0.2) is 17.4 Å². The van der Waals surface area contributed by atoms with Crippen molar-refractivity contribution in [3.63, 3.8) is 0 Å². The first-order chi connectivity index (χ1) is 10.6. The summed E-state index contributed by atoms with van der Waals surface area (Å²) in [5, 5.41) is 9.70. The number of benzene rings is 1. The molecule has 0 heterocycles. The third kappa shape index (κ3) is 5.37. The molecule has 1 aromatic carbocycles. The van der Waals surface area contributed by atoms with Gasteiger partial charge >= 0.3 is 5.97 Å². The fourth-order valence-electron chi connectivity index (χ4n) is 2.06. The zero-order chi connectivity index (χ0) is 17.7. The second kappa shape index (κ2) is 7.23. The van der Waals surface area contributed by atoms with Gasteiger partial charge in [0.15, 0.2) is 11.2 Å². The monoisotopic (exact) mass is 313 g/mol. The molecule has 0 aliphatic carbocycles. The molecule has 0 spiro atoms. The summed E-state index contributed by atoms with van der Waals surface area (Å²) in [7, 11) is 0. The number of ketones is 1. The van der Waals surface area contributed by atoms with Crippen molar-refractivity contribution in [2.75, 3.05) is 0 Å². The van der Waals surface area contributed by atoms with Gasteiger partial charge in [-0.25, -0.2) is 4.79 Å². The molecule has 0 radical (unpaired) electrons. The Morgan fingerprint density at radius 1 is 1.26 bits per heavy atom. The highest BCUT2D eigenvalue weighted by molar-refractivity contribution is 5.90. The minimum absolute atomic E-state index is 0.162. The molecule has 4 nitrogen and oxygen atoms in total. The van der Waals surface area contributed by atoms with E-state index in [2.05, 4.69) is 6.07 Å². The van der Waals surface area contributed by atoms with Crippen molar-refractivity contribution < 1.29 is 14.3 Å². The van der Waals surface area contributed by atoms with Crippen molar-refractivity contribution in [2.24, 2.45) is 5.41 Å². The second-order valence-corrected chi connectivity index (χ2v) is 6.63. The molecule has 1 rings (SSSR count). The number of allylic oxidation sites excluding steroid dienone is 1. The van der Waals surface area contributed by atoms with E-state index >= 15 is 0 Å². The Balaban J connectivity index is 3.30. The summed E-state index contributed by atoms with van der Waals surface area (Å²) in [4.78, 5) is 23.9. The molecule has 1 aromatic rings. The molecule has 1 atom stereocenters. The van der Waals surface area contributed by atoms with Crippen molar-refractivity contribution in [1.29, 1.82) is 5.26 Å². The average molecular weight is 313 g/mol. The van der Waals surface area contributed by atoms with Gasteiger partial charge in [-0.05, 0) is 57.9 Å². The molecule has 23 heavy (non-hydrogen) atoms. The van der Waals surface area contributed by atoms with Gasteiger partial charge in [0.25, 0.3) is 0 Å². The third-order valence-corrected chi connectivity index (χ3v) is 3.30. The van der Waals surface area contributed by atoms with Crippen LogP contribution in [0.25, 0.3) is 0 Å². The van der Waals surface area contributed by atoms with Crippen LogP contribution in [0, 0.1) is 23.7 Å². The van der Waals surface area contributed by atoms with Crippen molar-refractivity contribution >= 4 is 11.8 Å². The van der Waals surface area contributed by atoms with E-state index in [1.54, 1.807) is 20.8 Å². The molecular weight excluding hydrogens is 290 g/mol. The number of nitrogens with zero attached hydrogens (tertiary/aromatic N) is 1. The van der Waals surface area contributed by atoms with Gasteiger partial charge in [-0.2, -0.15) is 5.26 Å². The van der Waals surface area contributed by atoms with E-state index in [9.17, 15) is 14.9 Å². The minimum Gasteiger partial charge on any atom is -0.459 e. The molecule has 0 unspecified atom stereocenters. The predicted octanol–water partition coefficient (Wildman–Crippen LogP) is 3.53. The Morgan fingerprint density at radius 3 is 2.35 bits per heavy atom. The first-order valence-electron chi connectivity index (χ1n) is 7.49. The first kappa shape index (κ1) is 18.6. The highest BCUT2D eigenvalue weighted by Crippen LogP contribution is 2.29. The summed E-state index contributed by atoms with van der Waals surface area (Å²) in [5.41, 5.74) is -0.389. The number of hydrogen-bond donors (Lipinski definition) is 0. The number of esters is 1. The quantitative estimate of drug-likeness (QED) is 0.616. The summed E-state index contributed by atoms with van der Waals surface area (Å²) in [6.45, 7) is 8.53. The number of ether oxygens (including phenoxy) is 1. The van der Waals surface area contributed by atoms with Gasteiger partial charge in [0, 0.05) is 6.42 Å². The molecule has 0 bridgehead atoms. The third-order valence-electron chi connectivity index (χ3n) is 3.30. The number of nitriles is 1. The summed E-state index contributed by atoms with van der Waals surface area (Å²) in [6.07, 6.45) is 2.77.